The average molecular weight is 244 g/mol. The maximum Gasteiger partial charge on any atom is 0.410 e. The molecule has 0 saturated carbocycles. The molecule has 0 aromatic heterocycles. The smallest absolute Gasteiger partial charge is 0.410 e. The van der Waals surface area contributed by atoms with Crippen LogP contribution in [0.25, 0.3) is 0 Å². The van der Waals surface area contributed by atoms with E-state index >= 15 is 0 Å². The van der Waals surface area contributed by atoms with Gasteiger partial charge in [0.05, 0.1) is 19.3 Å². The van der Waals surface area contributed by atoms with E-state index in [0.29, 0.717) is 19.7 Å². The summed E-state index contributed by atoms with van der Waals surface area (Å²) in [5.41, 5.74) is 4.95. The summed E-state index contributed by atoms with van der Waals surface area (Å²) in [5.74, 6) is 0. The number of carbonyl (C=O) groups excluding carboxylic acids is 1. The molecule has 0 bridgehead atoms. The predicted octanol–water partition coefficient (Wildman–Crippen LogP) is 1.36. The first kappa shape index (κ1) is 14.3. The highest BCUT2D eigenvalue weighted by Gasteiger charge is 2.27. The molecule has 5 nitrogen and oxygen atoms in total. The van der Waals surface area contributed by atoms with Crippen LogP contribution in [0.5, 0.6) is 0 Å². The van der Waals surface area contributed by atoms with Gasteiger partial charge in [0.1, 0.15) is 5.60 Å². The minimum atomic E-state index is -0.442. The van der Waals surface area contributed by atoms with E-state index in [-0.39, 0.29) is 12.2 Å². The molecule has 1 saturated heterocycles. The van der Waals surface area contributed by atoms with Crippen LogP contribution in [0, 0.1) is 0 Å². The van der Waals surface area contributed by atoms with Crippen molar-refractivity contribution in [2.24, 2.45) is 5.73 Å². The lowest BCUT2D eigenvalue weighted by Crippen LogP contribution is -2.45. The molecule has 17 heavy (non-hydrogen) atoms. The normalized spacial score (nSPS) is 21.4. The van der Waals surface area contributed by atoms with Crippen molar-refractivity contribution < 1.29 is 14.3 Å². The first-order valence-electron chi connectivity index (χ1n) is 6.22. The van der Waals surface area contributed by atoms with Crippen LogP contribution in [0.3, 0.4) is 0 Å². The summed E-state index contributed by atoms with van der Waals surface area (Å²) in [4.78, 5) is 13.6. The van der Waals surface area contributed by atoms with Crippen LogP contribution >= 0.6 is 0 Å². The predicted molar refractivity (Wildman–Crippen MR) is 65.8 cm³/mol. The lowest BCUT2D eigenvalue weighted by molar-refractivity contribution is -0.0182. The molecule has 1 amide bonds. The fraction of sp³-hybridized carbons (Fsp3) is 0.917. The molecule has 0 aromatic carbocycles. The third-order valence-electron chi connectivity index (χ3n) is 2.50. The Bertz CT molecular complexity index is 251. The van der Waals surface area contributed by atoms with Gasteiger partial charge >= 0.3 is 6.09 Å². The van der Waals surface area contributed by atoms with Crippen molar-refractivity contribution in [2.75, 3.05) is 26.2 Å². The molecule has 1 atom stereocenters. The van der Waals surface area contributed by atoms with Crippen LogP contribution in [0.4, 0.5) is 4.79 Å². The van der Waals surface area contributed by atoms with Gasteiger partial charge in [-0.15, -0.1) is 0 Å². The number of nitrogens with two attached hydrogens (primary N) is 1. The number of rotatable bonds is 3. The van der Waals surface area contributed by atoms with Crippen LogP contribution in [-0.2, 0) is 9.47 Å². The van der Waals surface area contributed by atoms with Gasteiger partial charge in [0.15, 0.2) is 0 Å². The van der Waals surface area contributed by atoms with Gasteiger partial charge in [-0.25, -0.2) is 4.79 Å². The number of ether oxygens (including phenoxy) is 2. The number of amides is 1. The molecule has 0 spiro atoms. The molecule has 1 aliphatic rings. The van der Waals surface area contributed by atoms with E-state index in [1.165, 1.54) is 0 Å². The summed E-state index contributed by atoms with van der Waals surface area (Å²) in [6, 6.07) is 0. The third-order valence-corrected chi connectivity index (χ3v) is 2.50. The Morgan fingerprint density at radius 3 is 2.76 bits per heavy atom. The maximum atomic E-state index is 11.9. The summed E-state index contributed by atoms with van der Waals surface area (Å²) in [5, 5.41) is 0. The third kappa shape index (κ3) is 5.37. The molecule has 0 aliphatic carbocycles. The van der Waals surface area contributed by atoms with E-state index in [9.17, 15) is 4.79 Å². The molecular weight excluding hydrogens is 220 g/mol. The topological polar surface area (TPSA) is 64.8 Å². The standard InChI is InChI=1S/C12H24N2O3/c1-12(2,3)17-11(15)14-7-4-5-10(9-14)16-8-6-13/h10H,4-9,13H2,1-3H3/t10-/m0/s1. The highest BCUT2D eigenvalue weighted by Crippen LogP contribution is 2.16. The van der Waals surface area contributed by atoms with Crippen molar-refractivity contribution in [2.45, 2.75) is 45.3 Å². The van der Waals surface area contributed by atoms with Crippen LogP contribution in [0.15, 0.2) is 0 Å². The van der Waals surface area contributed by atoms with E-state index in [2.05, 4.69) is 0 Å². The molecule has 1 rings (SSSR count). The van der Waals surface area contributed by atoms with E-state index < -0.39 is 5.60 Å². The van der Waals surface area contributed by atoms with Crippen LogP contribution in [0.2, 0.25) is 0 Å². The SMILES string of the molecule is CC(C)(C)OC(=O)N1CCC[C@H](OCCN)C1. The van der Waals surface area contributed by atoms with Crippen molar-refractivity contribution in [1.82, 2.24) is 4.90 Å². The summed E-state index contributed by atoms with van der Waals surface area (Å²) in [7, 11) is 0. The van der Waals surface area contributed by atoms with Crippen LogP contribution in [-0.4, -0.2) is 48.9 Å². The second-order valence-corrected chi connectivity index (χ2v) is 5.35. The van der Waals surface area contributed by atoms with Crippen molar-refractivity contribution >= 4 is 6.09 Å². The van der Waals surface area contributed by atoms with Crippen LogP contribution < -0.4 is 5.73 Å². The maximum absolute atomic E-state index is 11.9. The van der Waals surface area contributed by atoms with E-state index in [1.54, 1.807) is 4.90 Å². The fourth-order valence-corrected chi connectivity index (χ4v) is 1.80. The first-order valence-corrected chi connectivity index (χ1v) is 6.22. The average Bonchev–Trinajstić information content (AvgIpc) is 2.24. The molecule has 1 fully saturated rings. The summed E-state index contributed by atoms with van der Waals surface area (Å²) < 4.78 is 10.9. The molecular formula is C12H24N2O3. The Kier molecular flexibility index (Phi) is 5.21. The number of piperidine rings is 1. The number of hydrogen-bond acceptors (Lipinski definition) is 4. The van der Waals surface area contributed by atoms with Gasteiger partial charge in [-0.1, -0.05) is 0 Å². The zero-order chi connectivity index (χ0) is 12.9. The Labute approximate surface area is 103 Å². The number of likely N-dealkylation sites (tertiary alicyclic amines) is 1. The minimum Gasteiger partial charge on any atom is -0.444 e. The molecule has 0 aromatic rings. The van der Waals surface area contributed by atoms with Gasteiger partial charge in [0.2, 0.25) is 0 Å². The molecule has 1 heterocycles. The Morgan fingerprint density at radius 1 is 1.47 bits per heavy atom. The monoisotopic (exact) mass is 244 g/mol. The van der Waals surface area contributed by atoms with Crippen molar-refractivity contribution in [3.63, 3.8) is 0 Å². The molecule has 2 N–H and O–H groups in total. The summed E-state index contributed by atoms with van der Waals surface area (Å²) >= 11 is 0. The lowest BCUT2D eigenvalue weighted by atomic mass is 10.1. The van der Waals surface area contributed by atoms with Gasteiger partial charge < -0.3 is 20.1 Å². The van der Waals surface area contributed by atoms with Gasteiger partial charge in [0, 0.05) is 13.1 Å². The molecule has 1 aliphatic heterocycles. The Balaban J connectivity index is 2.40. The van der Waals surface area contributed by atoms with Crippen LogP contribution in [0.1, 0.15) is 33.6 Å². The fourth-order valence-electron chi connectivity index (χ4n) is 1.80. The van der Waals surface area contributed by atoms with Crippen molar-refractivity contribution in [1.29, 1.82) is 0 Å². The Morgan fingerprint density at radius 2 is 2.18 bits per heavy atom. The largest absolute Gasteiger partial charge is 0.444 e. The Hall–Kier alpha value is -0.810. The van der Waals surface area contributed by atoms with Gasteiger partial charge in [0.25, 0.3) is 0 Å². The van der Waals surface area contributed by atoms with Crippen molar-refractivity contribution in [3.05, 3.63) is 0 Å². The van der Waals surface area contributed by atoms with Crippen molar-refractivity contribution in [3.8, 4) is 0 Å². The van der Waals surface area contributed by atoms with Gasteiger partial charge in [-0.3, -0.25) is 0 Å². The second kappa shape index (κ2) is 6.21. The number of nitrogens with zero attached hydrogens (tertiary/aromatic N) is 1. The zero-order valence-electron chi connectivity index (χ0n) is 11.1. The van der Waals surface area contributed by atoms with E-state index in [1.807, 2.05) is 20.8 Å². The second-order valence-electron chi connectivity index (χ2n) is 5.35. The van der Waals surface area contributed by atoms with E-state index in [0.717, 1.165) is 19.4 Å². The molecule has 100 valence electrons. The number of hydrogen-bond donors (Lipinski definition) is 1. The lowest BCUT2D eigenvalue weighted by Gasteiger charge is -2.33. The summed E-state index contributed by atoms with van der Waals surface area (Å²) in [6.07, 6.45) is 1.78. The molecule has 0 radical (unpaired) electrons. The molecule has 5 heteroatoms. The zero-order valence-corrected chi connectivity index (χ0v) is 11.1. The van der Waals surface area contributed by atoms with Gasteiger partial charge in [-0.05, 0) is 33.6 Å². The number of carbonyl (C=O) groups is 1. The minimum absolute atomic E-state index is 0.0971. The summed E-state index contributed by atoms with van der Waals surface area (Å²) in [6.45, 7) is 8.04. The highest BCUT2D eigenvalue weighted by molar-refractivity contribution is 5.68. The molecule has 0 unspecified atom stereocenters. The van der Waals surface area contributed by atoms with E-state index in [4.69, 9.17) is 15.2 Å². The highest BCUT2D eigenvalue weighted by atomic mass is 16.6. The van der Waals surface area contributed by atoms with Gasteiger partial charge in [-0.2, -0.15) is 0 Å². The first-order chi connectivity index (χ1) is 7.92. The quantitative estimate of drug-likeness (QED) is 0.814.